The molecule has 7 nitrogen and oxygen atoms in total. The Hall–Kier alpha value is -1.47. The number of ether oxygens (including phenoxy) is 1. The van der Waals surface area contributed by atoms with Crippen molar-refractivity contribution in [1.29, 1.82) is 0 Å². The molecule has 0 aliphatic carbocycles. The summed E-state index contributed by atoms with van der Waals surface area (Å²) in [4.78, 5) is 13.9. The molecule has 7 heteroatoms. The highest BCUT2D eigenvalue weighted by atomic mass is 16.5. The van der Waals surface area contributed by atoms with Crippen molar-refractivity contribution in [2.24, 2.45) is 0 Å². The van der Waals surface area contributed by atoms with Crippen molar-refractivity contribution in [2.75, 3.05) is 40.4 Å². The summed E-state index contributed by atoms with van der Waals surface area (Å²) in [5, 5.41) is 11.4. The maximum absolute atomic E-state index is 12.2. The third kappa shape index (κ3) is 3.77. The number of piperidine rings is 1. The summed E-state index contributed by atoms with van der Waals surface area (Å²) in [5.74, 6) is -0.0821. The molecule has 0 unspecified atom stereocenters. The number of methoxy groups -OCH3 is 1. The number of carbonyl (C=O) groups is 1. The van der Waals surface area contributed by atoms with Gasteiger partial charge in [0.15, 0.2) is 5.69 Å². The summed E-state index contributed by atoms with van der Waals surface area (Å²) in [6.07, 6.45) is 4.65. The van der Waals surface area contributed by atoms with Crippen LogP contribution >= 0.6 is 0 Å². The first-order valence-corrected chi connectivity index (χ1v) is 7.09. The van der Waals surface area contributed by atoms with E-state index in [4.69, 9.17) is 4.74 Å². The van der Waals surface area contributed by atoms with Crippen LogP contribution in [-0.2, 0) is 4.74 Å². The number of rotatable bonds is 6. The predicted octanol–water partition coefficient (Wildman–Crippen LogP) is 0.311. The van der Waals surface area contributed by atoms with Crippen molar-refractivity contribution >= 4 is 5.91 Å². The molecule has 1 fully saturated rings. The average molecular weight is 281 g/mol. The lowest BCUT2D eigenvalue weighted by Crippen LogP contribution is -2.30. The van der Waals surface area contributed by atoms with Gasteiger partial charge in [-0.15, -0.1) is 5.10 Å². The maximum Gasteiger partial charge on any atom is 0.275 e. The minimum Gasteiger partial charge on any atom is -0.385 e. The number of nitrogens with one attached hydrogen (secondary N) is 1. The van der Waals surface area contributed by atoms with Gasteiger partial charge in [0.25, 0.3) is 5.91 Å². The zero-order chi connectivity index (χ0) is 14.4. The lowest BCUT2D eigenvalue weighted by molar-refractivity contribution is 0.0773. The third-order valence-corrected chi connectivity index (χ3v) is 3.60. The fourth-order valence-electron chi connectivity index (χ4n) is 2.37. The molecule has 1 aliphatic rings. The van der Waals surface area contributed by atoms with Crippen LogP contribution in [0.15, 0.2) is 6.20 Å². The molecule has 112 valence electrons. The molecule has 1 saturated heterocycles. The number of hydrogen-bond donors (Lipinski definition) is 1. The Morgan fingerprint density at radius 1 is 1.55 bits per heavy atom. The smallest absolute Gasteiger partial charge is 0.275 e. The molecular formula is C13H23N5O2. The van der Waals surface area contributed by atoms with Crippen LogP contribution in [0.25, 0.3) is 0 Å². The Kier molecular flexibility index (Phi) is 5.49. The van der Waals surface area contributed by atoms with Crippen LogP contribution in [0.1, 0.15) is 35.8 Å². The second-order valence-electron chi connectivity index (χ2n) is 5.14. The number of amides is 1. The van der Waals surface area contributed by atoms with E-state index in [9.17, 15) is 4.79 Å². The summed E-state index contributed by atoms with van der Waals surface area (Å²) >= 11 is 0. The van der Waals surface area contributed by atoms with Crippen LogP contribution in [-0.4, -0.2) is 66.2 Å². The molecule has 1 N–H and O–H groups in total. The van der Waals surface area contributed by atoms with Crippen LogP contribution in [0, 0.1) is 0 Å². The first kappa shape index (κ1) is 14.9. The largest absolute Gasteiger partial charge is 0.385 e. The van der Waals surface area contributed by atoms with Gasteiger partial charge < -0.3 is 15.0 Å². The van der Waals surface area contributed by atoms with E-state index in [0.717, 1.165) is 32.4 Å². The molecule has 1 aliphatic heterocycles. The molecule has 0 bridgehead atoms. The highest BCUT2D eigenvalue weighted by molar-refractivity contribution is 5.91. The predicted molar refractivity (Wildman–Crippen MR) is 74.6 cm³/mol. The van der Waals surface area contributed by atoms with Gasteiger partial charge >= 0.3 is 0 Å². The van der Waals surface area contributed by atoms with Gasteiger partial charge in [-0.1, -0.05) is 5.21 Å². The van der Waals surface area contributed by atoms with Crippen LogP contribution in [0.4, 0.5) is 0 Å². The SMILES string of the molecule is COCCCN(C)C(=O)c1cn(C2CCNCC2)nn1. The molecule has 0 atom stereocenters. The van der Waals surface area contributed by atoms with E-state index in [-0.39, 0.29) is 5.91 Å². The van der Waals surface area contributed by atoms with Crippen molar-refractivity contribution in [3.8, 4) is 0 Å². The first-order chi connectivity index (χ1) is 9.72. The molecule has 0 radical (unpaired) electrons. The summed E-state index contributed by atoms with van der Waals surface area (Å²) in [6.45, 7) is 3.29. The number of nitrogens with zero attached hydrogens (tertiary/aromatic N) is 4. The van der Waals surface area contributed by atoms with Gasteiger partial charge in [0.05, 0.1) is 12.2 Å². The molecule has 0 spiro atoms. The van der Waals surface area contributed by atoms with E-state index in [0.29, 0.717) is 24.9 Å². The van der Waals surface area contributed by atoms with Crippen molar-refractivity contribution in [2.45, 2.75) is 25.3 Å². The standard InChI is InChI=1S/C13H23N5O2/c1-17(8-3-9-20-2)13(19)12-10-18(16-15-12)11-4-6-14-7-5-11/h10-11,14H,3-9H2,1-2H3. The number of carbonyl (C=O) groups excluding carboxylic acids is 1. The third-order valence-electron chi connectivity index (χ3n) is 3.60. The second-order valence-corrected chi connectivity index (χ2v) is 5.14. The molecule has 1 amide bonds. The monoisotopic (exact) mass is 281 g/mol. The van der Waals surface area contributed by atoms with Gasteiger partial charge in [-0.2, -0.15) is 0 Å². The molecule has 1 aromatic heterocycles. The Morgan fingerprint density at radius 3 is 3.00 bits per heavy atom. The number of hydrogen-bond acceptors (Lipinski definition) is 5. The van der Waals surface area contributed by atoms with E-state index in [1.807, 2.05) is 4.68 Å². The quantitative estimate of drug-likeness (QED) is 0.760. The van der Waals surface area contributed by atoms with Crippen molar-refractivity contribution in [1.82, 2.24) is 25.2 Å². The minimum atomic E-state index is -0.0821. The van der Waals surface area contributed by atoms with Crippen molar-refractivity contribution in [3.05, 3.63) is 11.9 Å². The fourth-order valence-corrected chi connectivity index (χ4v) is 2.37. The van der Waals surface area contributed by atoms with Gasteiger partial charge in [-0.05, 0) is 32.4 Å². The molecule has 0 saturated carbocycles. The van der Waals surface area contributed by atoms with E-state index in [1.165, 1.54) is 0 Å². The Bertz CT molecular complexity index is 428. The van der Waals surface area contributed by atoms with Gasteiger partial charge in [0.1, 0.15) is 0 Å². The lowest BCUT2D eigenvalue weighted by atomic mass is 10.1. The molecule has 2 heterocycles. The van der Waals surface area contributed by atoms with E-state index >= 15 is 0 Å². The van der Waals surface area contributed by atoms with Crippen molar-refractivity contribution < 1.29 is 9.53 Å². The fraction of sp³-hybridized carbons (Fsp3) is 0.769. The van der Waals surface area contributed by atoms with Crippen LogP contribution < -0.4 is 5.32 Å². The van der Waals surface area contributed by atoms with Crippen molar-refractivity contribution in [3.63, 3.8) is 0 Å². The molecule has 2 rings (SSSR count). The molecule has 0 aromatic carbocycles. The minimum absolute atomic E-state index is 0.0821. The topological polar surface area (TPSA) is 72.3 Å². The Labute approximate surface area is 119 Å². The summed E-state index contributed by atoms with van der Waals surface area (Å²) in [6, 6.07) is 0.351. The highest BCUT2D eigenvalue weighted by Gasteiger charge is 2.20. The van der Waals surface area contributed by atoms with Gasteiger partial charge in [0, 0.05) is 27.3 Å². The average Bonchev–Trinajstić information content (AvgIpc) is 2.97. The van der Waals surface area contributed by atoms with Crippen LogP contribution in [0.3, 0.4) is 0 Å². The first-order valence-electron chi connectivity index (χ1n) is 7.09. The molecule has 1 aromatic rings. The summed E-state index contributed by atoms with van der Waals surface area (Å²) in [5.41, 5.74) is 0.420. The van der Waals surface area contributed by atoms with Gasteiger partial charge in [0.2, 0.25) is 0 Å². The maximum atomic E-state index is 12.2. The number of aromatic nitrogens is 3. The molecular weight excluding hydrogens is 258 g/mol. The Morgan fingerprint density at radius 2 is 2.30 bits per heavy atom. The normalized spacial score (nSPS) is 16.3. The van der Waals surface area contributed by atoms with Crippen LogP contribution in [0.2, 0.25) is 0 Å². The van der Waals surface area contributed by atoms with E-state index < -0.39 is 0 Å². The second kappa shape index (κ2) is 7.35. The van der Waals surface area contributed by atoms with Gasteiger partial charge in [-0.25, -0.2) is 4.68 Å². The van der Waals surface area contributed by atoms with Crippen LogP contribution in [0.5, 0.6) is 0 Å². The highest BCUT2D eigenvalue weighted by Crippen LogP contribution is 2.17. The lowest BCUT2D eigenvalue weighted by Gasteiger charge is -2.22. The summed E-state index contributed by atoms with van der Waals surface area (Å²) in [7, 11) is 3.44. The zero-order valence-electron chi connectivity index (χ0n) is 12.2. The molecule has 20 heavy (non-hydrogen) atoms. The zero-order valence-corrected chi connectivity index (χ0v) is 12.2. The van der Waals surface area contributed by atoms with E-state index in [1.54, 1.807) is 25.3 Å². The van der Waals surface area contributed by atoms with Gasteiger partial charge in [-0.3, -0.25) is 4.79 Å². The van der Waals surface area contributed by atoms with E-state index in [2.05, 4.69) is 15.6 Å². The summed E-state index contributed by atoms with van der Waals surface area (Å²) < 4.78 is 6.82. The Balaban J connectivity index is 1.91.